The molecule has 0 spiro atoms. The Balaban J connectivity index is 1.97. The van der Waals surface area contributed by atoms with E-state index in [1.807, 2.05) is 25.1 Å². The average molecular weight is 302 g/mol. The van der Waals surface area contributed by atoms with Crippen LogP contribution in [0.5, 0.6) is 0 Å². The fourth-order valence-electron chi connectivity index (χ4n) is 2.23. The minimum Gasteiger partial charge on any atom is -0.349 e. The molecule has 1 N–H and O–H groups in total. The smallest absolute Gasteiger partial charge is 0.224 e. The molecule has 0 aliphatic rings. The first kappa shape index (κ1) is 15.6. The van der Waals surface area contributed by atoms with E-state index in [2.05, 4.69) is 36.5 Å². The van der Waals surface area contributed by atoms with Crippen LogP contribution in [0.1, 0.15) is 36.6 Å². The summed E-state index contributed by atoms with van der Waals surface area (Å²) in [5, 5.41) is 3.64. The molecule has 0 saturated carbocycles. The van der Waals surface area contributed by atoms with E-state index >= 15 is 0 Å². The quantitative estimate of drug-likeness (QED) is 0.875. The monoisotopic (exact) mass is 301 g/mol. The Kier molecular flexibility index (Phi) is 5.40. The van der Waals surface area contributed by atoms with Gasteiger partial charge in [-0.3, -0.25) is 4.79 Å². The van der Waals surface area contributed by atoms with Gasteiger partial charge in [-0.1, -0.05) is 61.0 Å². The van der Waals surface area contributed by atoms with Crippen molar-refractivity contribution in [1.82, 2.24) is 5.32 Å². The molecule has 0 aliphatic heterocycles. The first-order valence-corrected chi connectivity index (χ1v) is 7.59. The van der Waals surface area contributed by atoms with Crippen molar-refractivity contribution >= 4 is 17.5 Å². The summed E-state index contributed by atoms with van der Waals surface area (Å²) in [5.74, 6) is -0.0184. The second-order valence-corrected chi connectivity index (χ2v) is 5.56. The van der Waals surface area contributed by atoms with Gasteiger partial charge in [0.05, 0.1) is 12.5 Å². The third-order valence-electron chi connectivity index (χ3n) is 3.57. The fraction of sp³-hybridized carbons (Fsp3) is 0.278. The van der Waals surface area contributed by atoms with Crippen LogP contribution in [0, 0.1) is 0 Å². The van der Waals surface area contributed by atoms with Gasteiger partial charge in [-0.25, -0.2) is 0 Å². The number of halogens is 1. The van der Waals surface area contributed by atoms with Gasteiger partial charge in [-0.2, -0.15) is 0 Å². The van der Waals surface area contributed by atoms with E-state index in [9.17, 15) is 4.79 Å². The van der Waals surface area contributed by atoms with Gasteiger partial charge < -0.3 is 5.32 Å². The van der Waals surface area contributed by atoms with Gasteiger partial charge >= 0.3 is 0 Å². The van der Waals surface area contributed by atoms with Crippen molar-refractivity contribution in [2.45, 2.75) is 32.7 Å². The molecule has 2 rings (SSSR count). The average Bonchev–Trinajstić information content (AvgIpc) is 2.49. The molecule has 1 atom stereocenters. The molecule has 0 aromatic heterocycles. The van der Waals surface area contributed by atoms with Crippen molar-refractivity contribution < 1.29 is 4.79 Å². The lowest BCUT2D eigenvalue weighted by molar-refractivity contribution is -0.121. The van der Waals surface area contributed by atoms with E-state index in [0.717, 1.165) is 17.5 Å². The summed E-state index contributed by atoms with van der Waals surface area (Å²) in [4.78, 5) is 12.1. The summed E-state index contributed by atoms with van der Waals surface area (Å²) in [5.41, 5.74) is 3.26. The van der Waals surface area contributed by atoms with Gasteiger partial charge in [0.1, 0.15) is 0 Å². The van der Waals surface area contributed by atoms with E-state index in [4.69, 9.17) is 11.6 Å². The van der Waals surface area contributed by atoms with Crippen LogP contribution in [0.4, 0.5) is 0 Å². The number of rotatable bonds is 5. The van der Waals surface area contributed by atoms with Gasteiger partial charge in [0.2, 0.25) is 5.91 Å². The van der Waals surface area contributed by atoms with Crippen molar-refractivity contribution in [3.05, 3.63) is 70.2 Å². The van der Waals surface area contributed by atoms with Gasteiger partial charge in [-0.05, 0) is 36.1 Å². The van der Waals surface area contributed by atoms with E-state index < -0.39 is 0 Å². The number of hydrogen-bond acceptors (Lipinski definition) is 1. The highest BCUT2D eigenvalue weighted by Gasteiger charge is 2.11. The van der Waals surface area contributed by atoms with Crippen molar-refractivity contribution in [3.63, 3.8) is 0 Å². The molecule has 0 bridgehead atoms. The zero-order valence-corrected chi connectivity index (χ0v) is 13.2. The van der Waals surface area contributed by atoms with Crippen molar-refractivity contribution in [3.8, 4) is 0 Å². The Hall–Kier alpha value is -1.80. The predicted octanol–water partition coefficient (Wildman–Crippen LogP) is 4.32. The molecular formula is C18H20ClNO. The Morgan fingerprint density at radius 2 is 1.81 bits per heavy atom. The lowest BCUT2D eigenvalue weighted by atomic mass is 10.0. The van der Waals surface area contributed by atoms with Crippen LogP contribution >= 0.6 is 11.6 Å². The van der Waals surface area contributed by atoms with Crippen molar-refractivity contribution in [1.29, 1.82) is 0 Å². The van der Waals surface area contributed by atoms with Crippen LogP contribution in [0.3, 0.4) is 0 Å². The summed E-state index contributed by atoms with van der Waals surface area (Å²) >= 11 is 6.08. The maximum absolute atomic E-state index is 12.1. The molecule has 21 heavy (non-hydrogen) atoms. The van der Waals surface area contributed by atoms with Crippen LogP contribution in [0.15, 0.2) is 48.5 Å². The molecule has 2 nitrogen and oxygen atoms in total. The third-order valence-corrected chi connectivity index (χ3v) is 3.94. The zero-order valence-electron chi connectivity index (χ0n) is 12.4. The standard InChI is InChI=1S/C18H20ClNO/c1-3-14-8-10-15(11-9-14)13(2)20-18(21)12-16-6-4-5-7-17(16)19/h4-11,13H,3,12H2,1-2H3,(H,20,21)/t13-/m1/s1. The molecule has 0 fully saturated rings. The maximum atomic E-state index is 12.1. The van der Waals surface area contributed by atoms with Gasteiger partial charge in [0, 0.05) is 5.02 Å². The SMILES string of the molecule is CCc1ccc([C@@H](C)NC(=O)Cc2ccccc2Cl)cc1. The van der Waals surface area contributed by atoms with Crippen molar-refractivity contribution in [2.75, 3.05) is 0 Å². The second kappa shape index (κ2) is 7.28. The molecule has 0 radical (unpaired) electrons. The molecule has 0 unspecified atom stereocenters. The highest BCUT2D eigenvalue weighted by Crippen LogP contribution is 2.17. The van der Waals surface area contributed by atoms with Crippen LogP contribution in [-0.2, 0) is 17.6 Å². The fourth-order valence-corrected chi connectivity index (χ4v) is 2.44. The Bertz CT molecular complexity index is 607. The summed E-state index contributed by atoms with van der Waals surface area (Å²) in [6, 6.07) is 15.8. The minimum atomic E-state index is -0.0184. The minimum absolute atomic E-state index is 0.00843. The third kappa shape index (κ3) is 4.33. The molecule has 0 saturated heterocycles. The number of benzene rings is 2. The van der Waals surface area contributed by atoms with E-state index in [0.29, 0.717) is 11.4 Å². The largest absolute Gasteiger partial charge is 0.349 e. The molecule has 3 heteroatoms. The number of amides is 1. The number of nitrogens with one attached hydrogen (secondary N) is 1. The van der Waals surface area contributed by atoms with E-state index in [1.165, 1.54) is 5.56 Å². The van der Waals surface area contributed by atoms with Crippen LogP contribution in [0.2, 0.25) is 5.02 Å². The highest BCUT2D eigenvalue weighted by molar-refractivity contribution is 6.31. The van der Waals surface area contributed by atoms with E-state index in [-0.39, 0.29) is 11.9 Å². The topological polar surface area (TPSA) is 29.1 Å². The van der Waals surface area contributed by atoms with Gasteiger partial charge in [-0.15, -0.1) is 0 Å². The first-order chi connectivity index (χ1) is 10.1. The van der Waals surface area contributed by atoms with Crippen molar-refractivity contribution in [2.24, 2.45) is 0 Å². The molecular weight excluding hydrogens is 282 g/mol. The number of carbonyl (C=O) groups is 1. The summed E-state index contributed by atoms with van der Waals surface area (Å²) in [6.45, 7) is 4.12. The molecule has 0 heterocycles. The van der Waals surface area contributed by atoms with Crippen LogP contribution in [0.25, 0.3) is 0 Å². The predicted molar refractivity (Wildman–Crippen MR) is 87.5 cm³/mol. The zero-order chi connectivity index (χ0) is 15.2. The summed E-state index contributed by atoms with van der Waals surface area (Å²) < 4.78 is 0. The molecule has 110 valence electrons. The first-order valence-electron chi connectivity index (χ1n) is 7.21. The maximum Gasteiger partial charge on any atom is 0.224 e. The summed E-state index contributed by atoms with van der Waals surface area (Å²) in [7, 11) is 0. The Labute approximate surface area is 131 Å². The number of aryl methyl sites for hydroxylation is 1. The molecule has 2 aromatic carbocycles. The van der Waals surface area contributed by atoms with Gasteiger partial charge in [0.25, 0.3) is 0 Å². The second-order valence-electron chi connectivity index (χ2n) is 5.15. The molecule has 1 amide bonds. The van der Waals surface area contributed by atoms with E-state index in [1.54, 1.807) is 6.07 Å². The van der Waals surface area contributed by atoms with Gasteiger partial charge in [0.15, 0.2) is 0 Å². The Morgan fingerprint density at radius 3 is 2.43 bits per heavy atom. The molecule has 0 aliphatic carbocycles. The lowest BCUT2D eigenvalue weighted by Crippen LogP contribution is -2.28. The number of hydrogen-bond donors (Lipinski definition) is 1. The lowest BCUT2D eigenvalue weighted by Gasteiger charge is -2.15. The van der Waals surface area contributed by atoms with Crippen LogP contribution < -0.4 is 5.32 Å². The summed E-state index contributed by atoms with van der Waals surface area (Å²) in [6.07, 6.45) is 1.32. The highest BCUT2D eigenvalue weighted by atomic mass is 35.5. The normalized spacial score (nSPS) is 12.0. The van der Waals surface area contributed by atoms with Crippen LogP contribution in [-0.4, -0.2) is 5.91 Å². The Morgan fingerprint density at radius 1 is 1.14 bits per heavy atom. The number of carbonyl (C=O) groups excluding carboxylic acids is 1. The molecule has 2 aromatic rings.